The average Bonchev–Trinajstić information content (AvgIpc) is 2.39. The molecule has 0 saturated heterocycles. The van der Waals surface area contributed by atoms with Gasteiger partial charge in [0, 0.05) is 10.4 Å². The summed E-state index contributed by atoms with van der Waals surface area (Å²) in [6, 6.07) is 6.56. The summed E-state index contributed by atoms with van der Waals surface area (Å²) in [7, 11) is -3.27. The van der Waals surface area contributed by atoms with E-state index in [4.69, 9.17) is 11.6 Å². The van der Waals surface area contributed by atoms with Crippen molar-refractivity contribution in [2.24, 2.45) is 5.41 Å². The molecule has 2 rings (SSSR count). The molecule has 1 aromatic carbocycles. The predicted octanol–water partition coefficient (Wildman–Crippen LogP) is 4.46. The highest BCUT2D eigenvalue weighted by molar-refractivity contribution is 9.09. The van der Waals surface area contributed by atoms with Gasteiger partial charge < -0.3 is 0 Å². The van der Waals surface area contributed by atoms with Crippen molar-refractivity contribution in [3.05, 3.63) is 29.3 Å². The van der Waals surface area contributed by atoms with Crippen LogP contribution in [0.5, 0.6) is 0 Å². The normalized spacial score (nSPS) is 19.3. The molecule has 1 saturated carbocycles. The van der Waals surface area contributed by atoms with Crippen molar-refractivity contribution in [3.63, 3.8) is 0 Å². The van der Waals surface area contributed by atoms with Gasteiger partial charge in [0.15, 0.2) is 9.84 Å². The molecule has 1 fully saturated rings. The van der Waals surface area contributed by atoms with Crippen LogP contribution >= 0.6 is 27.5 Å². The SMILES string of the molecule is O=S(=O)(CC1(CBr)CCCCC1)c1cccc(Cl)c1. The highest BCUT2D eigenvalue weighted by atomic mass is 79.9. The molecule has 5 heteroatoms. The van der Waals surface area contributed by atoms with Crippen LogP contribution in [0.4, 0.5) is 0 Å². The lowest BCUT2D eigenvalue weighted by molar-refractivity contribution is 0.256. The maximum Gasteiger partial charge on any atom is 0.179 e. The Morgan fingerprint density at radius 2 is 1.89 bits per heavy atom. The van der Waals surface area contributed by atoms with Crippen molar-refractivity contribution >= 4 is 37.4 Å². The molecular weight excluding hydrogens is 348 g/mol. The number of alkyl halides is 1. The second-order valence-electron chi connectivity index (χ2n) is 5.41. The van der Waals surface area contributed by atoms with Gasteiger partial charge in [0.25, 0.3) is 0 Å². The van der Waals surface area contributed by atoms with Gasteiger partial charge in [-0.3, -0.25) is 0 Å². The Morgan fingerprint density at radius 3 is 2.47 bits per heavy atom. The number of benzene rings is 1. The highest BCUT2D eigenvalue weighted by Gasteiger charge is 2.36. The zero-order valence-corrected chi connectivity index (χ0v) is 13.9. The van der Waals surface area contributed by atoms with Gasteiger partial charge in [-0.05, 0) is 36.5 Å². The molecule has 1 aromatic rings. The van der Waals surface area contributed by atoms with E-state index in [1.165, 1.54) is 6.42 Å². The fraction of sp³-hybridized carbons (Fsp3) is 0.571. The van der Waals surface area contributed by atoms with Gasteiger partial charge in [0.2, 0.25) is 0 Å². The van der Waals surface area contributed by atoms with E-state index in [1.54, 1.807) is 24.3 Å². The first-order chi connectivity index (χ1) is 8.97. The van der Waals surface area contributed by atoms with Crippen molar-refractivity contribution in [2.45, 2.75) is 37.0 Å². The summed E-state index contributed by atoms with van der Waals surface area (Å²) in [6.45, 7) is 0. The standard InChI is InChI=1S/C14H18BrClO2S/c15-10-14(7-2-1-3-8-14)11-19(17,18)13-6-4-5-12(16)9-13/h4-6,9H,1-3,7-8,10-11H2. The smallest absolute Gasteiger partial charge is 0.179 e. The van der Waals surface area contributed by atoms with Gasteiger partial charge in [0.05, 0.1) is 10.6 Å². The molecular formula is C14H18BrClO2S. The number of hydrogen-bond donors (Lipinski definition) is 0. The number of sulfone groups is 1. The number of halogens is 2. The Hall–Kier alpha value is -0.0600. The van der Waals surface area contributed by atoms with Crippen LogP contribution in [0.2, 0.25) is 5.02 Å². The Balaban J connectivity index is 2.25. The molecule has 0 unspecified atom stereocenters. The fourth-order valence-electron chi connectivity index (χ4n) is 2.77. The topological polar surface area (TPSA) is 34.1 Å². The van der Waals surface area contributed by atoms with Crippen LogP contribution in [0.15, 0.2) is 29.2 Å². The van der Waals surface area contributed by atoms with Crippen LogP contribution < -0.4 is 0 Å². The van der Waals surface area contributed by atoms with Crippen LogP contribution in [0.1, 0.15) is 32.1 Å². The molecule has 1 aliphatic rings. The van der Waals surface area contributed by atoms with E-state index in [2.05, 4.69) is 15.9 Å². The predicted molar refractivity (Wildman–Crippen MR) is 82.8 cm³/mol. The molecule has 2 nitrogen and oxygen atoms in total. The van der Waals surface area contributed by atoms with E-state index in [0.29, 0.717) is 9.92 Å². The zero-order valence-electron chi connectivity index (χ0n) is 10.7. The van der Waals surface area contributed by atoms with Gasteiger partial charge >= 0.3 is 0 Å². The molecule has 106 valence electrons. The fourth-order valence-corrected chi connectivity index (χ4v) is 6.00. The number of rotatable bonds is 4. The minimum Gasteiger partial charge on any atom is -0.224 e. The Morgan fingerprint density at radius 1 is 1.21 bits per heavy atom. The lowest BCUT2D eigenvalue weighted by atomic mass is 9.77. The Bertz CT molecular complexity index is 536. The molecule has 0 heterocycles. The average molecular weight is 366 g/mol. The van der Waals surface area contributed by atoms with E-state index in [0.717, 1.165) is 31.0 Å². The lowest BCUT2D eigenvalue weighted by Gasteiger charge is -2.35. The Labute approximate surface area is 128 Å². The maximum absolute atomic E-state index is 12.5. The summed E-state index contributed by atoms with van der Waals surface area (Å²) in [5.74, 6) is 0.214. The van der Waals surface area contributed by atoms with Gasteiger partial charge in [-0.15, -0.1) is 0 Å². The summed E-state index contributed by atoms with van der Waals surface area (Å²) in [4.78, 5) is 0.339. The molecule has 0 atom stereocenters. The highest BCUT2D eigenvalue weighted by Crippen LogP contribution is 2.40. The Kier molecular flexibility index (Phi) is 4.96. The molecule has 0 N–H and O–H groups in total. The molecule has 1 aliphatic carbocycles. The van der Waals surface area contributed by atoms with Crippen LogP contribution in [-0.2, 0) is 9.84 Å². The number of hydrogen-bond acceptors (Lipinski definition) is 2. The van der Waals surface area contributed by atoms with Gasteiger partial charge in [-0.1, -0.05) is 52.9 Å². The van der Waals surface area contributed by atoms with E-state index in [9.17, 15) is 8.42 Å². The quantitative estimate of drug-likeness (QED) is 0.738. The van der Waals surface area contributed by atoms with Gasteiger partial charge in [-0.2, -0.15) is 0 Å². The van der Waals surface area contributed by atoms with Crippen LogP contribution in [0.3, 0.4) is 0 Å². The second-order valence-corrected chi connectivity index (χ2v) is 8.40. The molecule has 0 spiro atoms. The minimum absolute atomic E-state index is 0.112. The van der Waals surface area contributed by atoms with Crippen molar-refractivity contribution in [2.75, 3.05) is 11.1 Å². The van der Waals surface area contributed by atoms with Crippen LogP contribution in [-0.4, -0.2) is 19.5 Å². The van der Waals surface area contributed by atoms with Crippen LogP contribution in [0.25, 0.3) is 0 Å². The van der Waals surface area contributed by atoms with Gasteiger partial charge in [0.1, 0.15) is 0 Å². The molecule has 0 aromatic heterocycles. The monoisotopic (exact) mass is 364 g/mol. The second kappa shape index (κ2) is 6.15. The van der Waals surface area contributed by atoms with E-state index < -0.39 is 9.84 Å². The summed E-state index contributed by atoms with van der Waals surface area (Å²) < 4.78 is 25.1. The summed E-state index contributed by atoms with van der Waals surface area (Å²) in [6.07, 6.45) is 5.43. The third-order valence-corrected chi connectivity index (χ3v) is 7.24. The minimum atomic E-state index is -3.27. The van der Waals surface area contributed by atoms with Crippen LogP contribution in [0, 0.1) is 5.41 Å². The van der Waals surface area contributed by atoms with E-state index in [-0.39, 0.29) is 11.2 Å². The van der Waals surface area contributed by atoms with Crippen molar-refractivity contribution in [3.8, 4) is 0 Å². The molecule has 0 aliphatic heterocycles. The molecule has 0 bridgehead atoms. The summed E-state index contributed by atoms with van der Waals surface area (Å²) >= 11 is 9.41. The van der Waals surface area contributed by atoms with Crippen molar-refractivity contribution < 1.29 is 8.42 Å². The van der Waals surface area contributed by atoms with E-state index in [1.807, 2.05) is 0 Å². The first-order valence-corrected chi connectivity index (χ1v) is 9.67. The van der Waals surface area contributed by atoms with Crippen molar-refractivity contribution in [1.29, 1.82) is 0 Å². The zero-order chi connectivity index (χ0) is 13.9. The molecule has 19 heavy (non-hydrogen) atoms. The first-order valence-electron chi connectivity index (χ1n) is 6.52. The third kappa shape index (κ3) is 3.73. The summed E-state index contributed by atoms with van der Waals surface area (Å²) in [5, 5.41) is 1.22. The first kappa shape index (κ1) is 15.3. The van der Waals surface area contributed by atoms with Crippen molar-refractivity contribution in [1.82, 2.24) is 0 Å². The largest absolute Gasteiger partial charge is 0.224 e. The third-order valence-electron chi connectivity index (χ3n) is 3.85. The lowest BCUT2D eigenvalue weighted by Crippen LogP contribution is -2.34. The molecule has 0 radical (unpaired) electrons. The van der Waals surface area contributed by atoms with E-state index >= 15 is 0 Å². The summed E-state index contributed by atoms with van der Waals surface area (Å²) in [5.41, 5.74) is -0.112. The van der Waals surface area contributed by atoms with Gasteiger partial charge in [-0.25, -0.2) is 8.42 Å². The maximum atomic E-state index is 12.5. The molecule has 0 amide bonds.